The first kappa shape index (κ1) is 12.4. The van der Waals surface area contributed by atoms with E-state index in [4.69, 9.17) is 4.74 Å². The van der Waals surface area contributed by atoms with Gasteiger partial charge in [0.2, 0.25) is 5.91 Å². The maximum Gasteiger partial charge on any atom is 0.224 e. The van der Waals surface area contributed by atoms with Crippen LogP contribution in [0.3, 0.4) is 0 Å². The van der Waals surface area contributed by atoms with Gasteiger partial charge in [0.25, 0.3) is 0 Å². The fourth-order valence-corrected chi connectivity index (χ4v) is 3.42. The number of aliphatic hydroxyl groups is 1. The van der Waals surface area contributed by atoms with Gasteiger partial charge in [-0.3, -0.25) is 4.79 Å². The average molecular weight is 254 g/mol. The monoisotopic (exact) mass is 254 g/mol. The normalized spacial score (nSPS) is 37.7. The molecule has 3 rings (SSSR count). The molecule has 3 unspecified atom stereocenters. The van der Waals surface area contributed by atoms with E-state index in [9.17, 15) is 9.90 Å². The highest BCUT2D eigenvalue weighted by Crippen LogP contribution is 2.33. The quantitative estimate of drug-likeness (QED) is 0.651. The van der Waals surface area contributed by atoms with E-state index in [0.717, 1.165) is 12.8 Å². The second kappa shape index (κ2) is 4.79. The second-order valence-electron chi connectivity index (χ2n) is 5.94. The van der Waals surface area contributed by atoms with Gasteiger partial charge in [0, 0.05) is 44.7 Å². The van der Waals surface area contributed by atoms with Crippen molar-refractivity contribution >= 4 is 5.91 Å². The van der Waals surface area contributed by atoms with Crippen molar-refractivity contribution in [3.8, 4) is 0 Å². The number of carbonyl (C=O) groups excluding carboxylic acids is 1. The van der Waals surface area contributed by atoms with Crippen molar-refractivity contribution in [1.82, 2.24) is 10.6 Å². The van der Waals surface area contributed by atoms with Gasteiger partial charge in [0.1, 0.15) is 0 Å². The molecule has 0 aromatic heterocycles. The number of hydrogen-bond acceptors (Lipinski definition) is 4. The Labute approximate surface area is 107 Å². The molecule has 3 aliphatic rings. The third-order valence-corrected chi connectivity index (χ3v) is 4.65. The lowest BCUT2D eigenvalue weighted by Gasteiger charge is -2.32. The predicted molar refractivity (Wildman–Crippen MR) is 66.1 cm³/mol. The molecule has 102 valence electrons. The van der Waals surface area contributed by atoms with Gasteiger partial charge in [-0.1, -0.05) is 0 Å². The number of rotatable bonds is 3. The number of ether oxygens (including phenoxy) is 1. The Morgan fingerprint density at radius 1 is 1.39 bits per heavy atom. The van der Waals surface area contributed by atoms with Crippen LogP contribution < -0.4 is 10.6 Å². The van der Waals surface area contributed by atoms with Gasteiger partial charge < -0.3 is 20.5 Å². The fraction of sp³-hybridized carbons (Fsp3) is 0.923. The summed E-state index contributed by atoms with van der Waals surface area (Å²) < 4.78 is 5.23. The SMILES string of the molecule is O=C(NCC1(O)CCOCC1)C1CC2CCC1N2. The van der Waals surface area contributed by atoms with Crippen molar-refractivity contribution < 1.29 is 14.6 Å². The minimum Gasteiger partial charge on any atom is -0.388 e. The zero-order valence-electron chi connectivity index (χ0n) is 10.7. The van der Waals surface area contributed by atoms with E-state index in [1.165, 1.54) is 6.42 Å². The van der Waals surface area contributed by atoms with E-state index in [0.29, 0.717) is 44.7 Å². The fourth-order valence-electron chi connectivity index (χ4n) is 3.42. The van der Waals surface area contributed by atoms with Crippen LogP contribution in [0.15, 0.2) is 0 Å². The van der Waals surface area contributed by atoms with Crippen LogP contribution in [0.4, 0.5) is 0 Å². The average Bonchev–Trinajstić information content (AvgIpc) is 2.99. The molecule has 18 heavy (non-hydrogen) atoms. The number of nitrogens with one attached hydrogen (secondary N) is 2. The molecule has 5 heteroatoms. The second-order valence-corrected chi connectivity index (χ2v) is 5.94. The molecular formula is C13H22N2O3. The first-order valence-corrected chi connectivity index (χ1v) is 7.00. The molecule has 3 heterocycles. The molecule has 3 atom stereocenters. The molecule has 3 aliphatic heterocycles. The van der Waals surface area contributed by atoms with Crippen molar-refractivity contribution in [2.24, 2.45) is 5.92 Å². The van der Waals surface area contributed by atoms with E-state index in [1.807, 2.05) is 0 Å². The summed E-state index contributed by atoms with van der Waals surface area (Å²) >= 11 is 0. The number of amides is 1. The van der Waals surface area contributed by atoms with Gasteiger partial charge in [-0.2, -0.15) is 0 Å². The molecule has 2 bridgehead atoms. The smallest absolute Gasteiger partial charge is 0.224 e. The number of fused-ring (bicyclic) bond motifs is 2. The summed E-state index contributed by atoms with van der Waals surface area (Å²) in [6, 6.07) is 0.899. The Hall–Kier alpha value is -0.650. The van der Waals surface area contributed by atoms with Crippen LogP contribution in [0.2, 0.25) is 0 Å². The highest BCUT2D eigenvalue weighted by Gasteiger charge is 2.43. The van der Waals surface area contributed by atoms with Crippen LogP contribution in [0.25, 0.3) is 0 Å². The molecule has 0 aromatic carbocycles. The standard InChI is InChI=1S/C13H22N2O3/c16-12(10-7-9-1-2-11(10)15-9)14-8-13(17)3-5-18-6-4-13/h9-11,15,17H,1-8H2,(H,14,16). The third kappa shape index (κ3) is 2.39. The van der Waals surface area contributed by atoms with Gasteiger partial charge in [0.15, 0.2) is 0 Å². The third-order valence-electron chi connectivity index (χ3n) is 4.65. The lowest BCUT2D eigenvalue weighted by atomic mass is 9.88. The van der Waals surface area contributed by atoms with Crippen LogP contribution >= 0.6 is 0 Å². The van der Waals surface area contributed by atoms with Crippen molar-refractivity contribution in [2.45, 2.75) is 49.8 Å². The van der Waals surface area contributed by atoms with E-state index >= 15 is 0 Å². The van der Waals surface area contributed by atoms with Crippen molar-refractivity contribution in [3.05, 3.63) is 0 Å². The minimum atomic E-state index is -0.765. The van der Waals surface area contributed by atoms with E-state index < -0.39 is 5.60 Å². The summed E-state index contributed by atoms with van der Waals surface area (Å²) in [4.78, 5) is 12.1. The van der Waals surface area contributed by atoms with E-state index in [-0.39, 0.29) is 11.8 Å². The summed E-state index contributed by atoms with van der Waals surface area (Å²) in [6.45, 7) is 1.53. The van der Waals surface area contributed by atoms with Gasteiger partial charge in [0.05, 0.1) is 11.5 Å². The highest BCUT2D eigenvalue weighted by atomic mass is 16.5. The van der Waals surface area contributed by atoms with Crippen molar-refractivity contribution in [3.63, 3.8) is 0 Å². The van der Waals surface area contributed by atoms with E-state index in [1.54, 1.807) is 0 Å². The van der Waals surface area contributed by atoms with Crippen LogP contribution in [0.5, 0.6) is 0 Å². The van der Waals surface area contributed by atoms with Gasteiger partial charge in [-0.25, -0.2) is 0 Å². The van der Waals surface area contributed by atoms with Crippen LogP contribution in [0.1, 0.15) is 32.1 Å². The summed E-state index contributed by atoms with van der Waals surface area (Å²) in [6.07, 6.45) is 4.50. The highest BCUT2D eigenvalue weighted by molar-refractivity contribution is 5.80. The zero-order valence-corrected chi connectivity index (χ0v) is 10.7. The van der Waals surface area contributed by atoms with Gasteiger partial charge >= 0.3 is 0 Å². The lowest BCUT2D eigenvalue weighted by molar-refractivity contribution is -0.128. The molecule has 5 nitrogen and oxygen atoms in total. The molecule has 3 saturated heterocycles. The molecule has 0 radical (unpaired) electrons. The summed E-state index contributed by atoms with van der Waals surface area (Å²) in [5.74, 6) is 0.210. The molecular weight excluding hydrogens is 232 g/mol. The lowest BCUT2D eigenvalue weighted by Crippen LogP contribution is -2.49. The Morgan fingerprint density at radius 2 is 2.17 bits per heavy atom. The Morgan fingerprint density at radius 3 is 2.78 bits per heavy atom. The molecule has 0 saturated carbocycles. The summed E-state index contributed by atoms with van der Waals surface area (Å²) in [7, 11) is 0. The molecule has 0 aromatic rings. The summed E-state index contributed by atoms with van der Waals surface area (Å²) in [5.41, 5.74) is -0.765. The summed E-state index contributed by atoms with van der Waals surface area (Å²) in [5, 5.41) is 16.7. The van der Waals surface area contributed by atoms with Crippen LogP contribution in [-0.4, -0.2) is 48.5 Å². The van der Waals surface area contributed by atoms with Crippen molar-refractivity contribution in [2.75, 3.05) is 19.8 Å². The largest absolute Gasteiger partial charge is 0.388 e. The Balaban J connectivity index is 1.49. The zero-order chi connectivity index (χ0) is 12.6. The van der Waals surface area contributed by atoms with Crippen molar-refractivity contribution in [1.29, 1.82) is 0 Å². The predicted octanol–water partition coefficient (Wildman–Crippen LogP) is -0.215. The molecule has 0 aliphatic carbocycles. The van der Waals surface area contributed by atoms with Crippen LogP contribution in [0, 0.1) is 5.92 Å². The molecule has 0 spiro atoms. The first-order valence-electron chi connectivity index (χ1n) is 7.00. The maximum absolute atomic E-state index is 12.1. The van der Waals surface area contributed by atoms with Gasteiger partial charge in [-0.05, 0) is 19.3 Å². The Bertz CT molecular complexity index is 328. The van der Waals surface area contributed by atoms with Crippen LogP contribution in [-0.2, 0) is 9.53 Å². The first-order chi connectivity index (χ1) is 8.66. The topological polar surface area (TPSA) is 70.6 Å². The van der Waals surface area contributed by atoms with Gasteiger partial charge in [-0.15, -0.1) is 0 Å². The number of hydrogen-bond donors (Lipinski definition) is 3. The minimum absolute atomic E-state index is 0.104. The molecule has 3 N–H and O–H groups in total. The Kier molecular flexibility index (Phi) is 3.30. The number of carbonyl (C=O) groups is 1. The molecule has 1 amide bonds. The maximum atomic E-state index is 12.1. The molecule has 3 fully saturated rings. The van der Waals surface area contributed by atoms with E-state index in [2.05, 4.69) is 10.6 Å².